The van der Waals surface area contributed by atoms with Gasteiger partial charge < -0.3 is 25.5 Å². The largest absolute Gasteiger partial charge is 0.481 e. The number of amides is 2. The average molecular weight is 585 g/mol. The zero-order valence-electron chi connectivity index (χ0n) is 25.0. The number of carboxylic acids is 2. The lowest BCUT2D eigenvalue weighted by Crippen LogP contribution is -2.16. The lowest BCUT2D eigenvalue weighted by Gasteiger charge is -2.03. The highest BCUT2D eigenvalue weighted by Crippen LogP contribution is 2.29. The fraction of sp³-hybridized carbons (Fsp3) is 0.303. The van der Waals surface area contributed by atoms with Gasteiger partial charge in [-0.3, -0.25) is 19.2 Å². The molecule has 0 aromatic carbocycles. The molecule has 2 amide bonds. The first-order valence-electron chi connectivity index (χ1n) is 14.1. The van der Waals surface area contributed by atoms with Crippen LogP contribution in [0.25, 0.3) is 18.2 Å². The summed E-state index contributed by atoms with van der Waals surface area (Å²) in [4.78, 5) is 58.6. The highest BCUT2D eigenvalue weighted by atomic mass is 16.4. The third-order valence-electron chi connectivity index (χ3n) is 8.12. The van der Waals surface area contributed by atoms with Crippen LogP contribution >= 0.6 is 0 Å². The Kier molecular flexibility index (Phi) is 8.99. The second kappa shape index (κ2) is 12.5. The number of hydrogen-bond acceptors (Lipinski definition) is 4. The summed E-state index contributed by atoms with van der Waals surface area (Å²) >= 11 is 0. The van der Waals surface area contributed by atoms with Gasteiger partial charge in [0.05, 0.1) is 11.6 Å². The van der Waals surface area contributed by atoms with Gasteiger partial charge in [-0.2, -0.15) is 0 Å². The molecule has 2 aromatic heterocycles. The number of carboxylic acid groups (broad SMARTS) is 2. The Morgan fingerprint density at radius 2 is 1.56 bits per heavy atom. The van der Waals surface area contributed by atoms with E-state index in [-0.39, 0.29) is 43.4 Å². The normalized spacial score (nSPS) is 19.7. The van der Waals surface area contributed by atoms with Crippen LogP contribution in [0.2, 0.25) is 0 Å². The first kappa shape index (κ1) is 31.0. The van der Waals surface area contributed by atoms with Crippen molar-refractivity contribution in [3.63, 3.8) is 0 Å². The van der Waals surface area contributed by atoms with Crippen molar-refractivity contribution < 1.29 is 29.4 Å². The van der Waals surface area contributed by atoms with Crippen molar-refractivity contribution >= 4 is 47.7 Å². The van der Waals surface area contributed by atoms with Crippen molar-refractivity contribution in [1.82, 2.24) is 15.3 Å². The summed E-state index contributed by atoms with van der Waals surface area (Å²) < 4.78 is 0. The second-order valence-corrected chi connectivity index (χ2v) is 10.7. The van der Waals surface area contributed by atoms with E-state index in [1.54, 1.807) is 13.0 Å². The van der Waals surface area contributed by atoms with Crippen LogP contribution in [0.1, 0.15) is 67.3 Å². The number of hydrogen-bond donors (Lipinski definition) is 5. The molecule has 4 rings (SSSR count). The van der Waals surface area contributed by atoms with E-state index in [1.807, 2.05) is 45.9 Å². The zero-order valence-corrected chi connectivity index (χ0v) is 25.0. The number of allylic oxidation sites excluding steroid dienone is 3. The molecular formula is C33H36N4O6. The third kappa shape index (κ3) is 6.28. The molecule has 4 heterocycles. The van der Waals surface area contributed by atoms with E-state index in [1.165, 1.54) is 6.08 Å². The van der Waals surface area contributed by atoms with Gasteiger partial charge in [0.25, 0.3) is 5.91 Å². The van der Waals surface area contributed by atoms with E-state index in [9.17, 15) is 29.4 Å². The average Bonchev–Trinajstić information content (AvgIpc) is 3.59. The van der Waals surface area contributed by atoms with Crippen molar-refractivity contribution in [2.75, 3.05) is 0 Å². The first-order valence-corrected chi connectivity index (χ1v) is 14.1. The lowest BCUT2D eigenvalue weighted by atomic mass is 10.00. The maximum Gasteiger partial charge on any atom is 0.303 e. The molecular weight excluding hydrogens is 548 g/mol. The molecule has 0 saturated carbocycles. The van der Waals surface area contributed by atoms with Gasteiger partial charge in [0.2, 0.25) is 5.91 Å². The number of rotatable bonds is 10. The molecule has 1 fully saturated rings. The van der Waals surface area contributed by atoms with Crippen LogP contribution in [-0.2, 0) is 32.0 Å². The lowest BCUT2D eigenvalue weighted by molar-refractivity contribution is -0.138. The minimum absolute atomic E-state index is 0.0802. The Morgan fingerprint density at radius 3 is 2.14 bits per heavy atom. The summed E-state index contributed by atoms with van der Waals surface area (Å²) in [5, 5.41) is 23.1. The number of aromatic amines is 2. The highest BCUT2D eigenvalue weighted by Gasteiger charge is 2.29. The topological polar surface area (TPSA) is 165 Å². The van der Waals surface area contributed by atoms with E-state index in [0.717, 1.165) is 33.5 Å². The van der Waals surface area contributed by atoms with Gasteiger partial charge in [-0.05, 0) is 99.1 Å². The van der Waals surface area contributed by atoms with Gasteiger partial charge in [0, 0.05) is 46.2 Å². The maximum absolute atomic E-state index is 12.3. The van der Waals surface area contributed by atoms with Crippen molar-refractivity contribution in [2.45, 2.75) is 60.3 Å². The van der Waals surface area contributed by atoms with E-state index in [4.69, 9.17) is 0 Å². The van der Waals surface area contributed by atoms with E-state index in [2.05, 4.69) is 26.9 Å². The van der Waals surface area contributed by atoms with E-state index >= 15 is 0 Å². The number of carbonyl (C=O) groups excluding carboxylic acids is 2. The molecule has 2 aliphatic rings. The summed E-state index contributed by atoms with van der Waals surface area (Å²) in [5.74, 6) is -2.59. The van der Waals surface area contributed by atoms with Crippen molar-refractivity contribution in [1.29, 1.82) is 0 Å². The van der Waals surface area contributed by atoms with E-state index in [0.29, 0.717) is 38.9 Å². The minimum Gasteiger partial charge on any atom is -0.481 e. The van der Waals surface area contributed by atoms with E-state index < -0.39 is 11.9 Å². The molecule has 1 unspecified atom stereocenters. The molecule has 10 heteroatoms. The molecule has 10 nitrogen and oxygen atoms in total. The van der Waals surface area contributed by atoms with Gasteiger partial charge in [-0.1, -0.05) is 18.7 Å². The summed E-state index contributed by atoms with van der Waals surface area (Å²) in [7, 11) is 0. The molecule has 2 aliphatic heterocycles. The summed E-state index contributed by atoms with van der Waals surface area (Å²) in [6, 6.07) is 0. The quantitative estimate of drug-likeness (QED) is 0.288. The smallest absolute Gasteiger partial charge is 0.303 e. The number of aromatic nitrogens is 2. The van der Waals surface area contributed by atoms with Crippen molar-refractivity contribution in [3.8, 4) is 0 Å². The molecule has 0 radical (unpaired) electrons. The summed E-state index contributed by atoms with van der Waals surface area (Å²) in [6.45, 7) is 13.0. The Morgan fingerprint density at radius 1 is 0.907 bits per heavy atom. The number of nitrogens with one attached hydrogen (secondary N) is 3. The van der Waals surface area contributed by atoms with Crippen LogP contribution in [0, 0.1) is 19.8 Å². The molecule has 1 saturated heterocycles. The molecule has 0 aliphatic carbocycles. The van der Waals surface area contributed by atoms with Crippen molar-refractivity contribution in [3.05, 3.63) is 85.5 Å². The maximum atomic E-state index is 12.3. The predicted molar refractivity (Wildman–Crippen MR) is 165 cm³/mol. The van der Waals surface area contributed by atoms with Gasteiger partial charge in [0.1, 0.15) is 0 Å². The number of nitrogens with zero attached hydrogens (tertiary/aromatic N) is 1. The summed E-state index contributed by atoms with van der Waals surface area (Å²) in [5.41, 5.74) is 7.87. The molecule has 1 atom stereocenters. The second-order valence-electron chi connectivity index (χ2n) is 10.7. The molecule has 224 valence electrons. The van der Waals surface area contributed by atoms with Gasteiger partial charge >= 0.3 is 11.9 Å². The van der Waals surface area contributed by atoms with Crippen LogP contribution in [0.4, 0.5) is 0 Å². The minimum atomic E-state index is -0.934. The fourth-order valence-corrected chi connectivity index (χ4v) is 5.57. The number of aliphatic carboxylic acids is 2. The number of H-pyrrole nitrogens is 2. The summed E-state index contributed by atoms with van der Waals surface area (Å²) in [6.07, 6.45) is 9.23. The molecule has 5 N–H and O–H groups in total. The SMILES string of the molecule is C=CC1=C(C)C(C=c2[nH]c(=Cc3[nH]c(/C=C4\NC(=O)C(C)\C4=C\C)c(C)c3CCC(=O)O)c(CCC(=O)O)c2C)=NC1=O. The van der Waals surface area contributed by atoms with Gasteiger partial charge in [-0.15, -0.1) is 0 Å². The molecule has 0 bridgehead atoms. The van der Waals surface area contributed by atoms with Gasteiger partial charge in [-0.25, -0.2) is 4.99 Å². The van der Waals surface area contributed by atoms with Crippen LogP contribution in [0.3, 0.4) is 0 Å². The Bertz CT molecular complexity index is 1810. The first-order chi connectivity index (χ1) is 20.4. The zero-order chi connectivity index (χ0) is 31.6. The van der Waals surface area contributed by atoms with Crippen LogP contribution in [-0.4, -0.2) is 49.6 Å². The number of aliphatic imine (C=N–C) groups is 1. The predicted octanol–water partition coefficient (Wildman–Crippen LogP) is 3.14. The van der Waals surface area contributed by atoms with Crippen LogP contribution < -0.4 is 16.0 Å². The molecule has 0 spiro atoms. The van der Waals surface area contributed by atoms with Crippen molar-refractivity contribution in [2.24, 2.45) is 10.9 Å². The Labute approximate surface area is 249 Å². The molecule has 2 aromatic rings. The third-order valence-corrected chi connectivity index (χ3v) is 8.12. The fourth-order valence-electron chi connectivity index (χ4n) is 5.57. The Hall–Kier alpha value is -4.99. The van der Waals surface area contributed by atoms with Gasteiger partial charge in [0.15, 0.2) is 0 Å². The molecule has 43 heavy (non-hydrogen) atoms. The standard InChI is InChI=1S/C33H36N4O6/c1-7-20-19(6)32(42)37-27(20)14-25-18(5)23(10-12-31(40)41)29(35-25)15-28-22(9-11-30(38)39)17(4)24(34-28)13-26-16(3)21(8-2)33(43)36-26/h7-8,13-15,19,34-35H,2,9-12H2,1,3-6H3,(H,37,42)(H,38,39)(H,40,41)/b20-7-,24-13?,27-14-,28-15?. The monoisotopic (exact) mass is 584 g/mol. The number of carbonyl (C=O) groups is 4. The van der Waals surface area contributed by atoms with Crippen LogP contribution in [0.15, 0.2) is 46.1 Å². The highest BCUT2D eigenvalue weighted by molar-refractivity contribution is 6.31. The van der Waals surface area contributed by atoms with Crippen LogP contribution in [0.5, 0.6) is 0 Å². The Balaban J connectivity index is 1.91.